The quantitative estimate of drug-likeness (QED) is 0.675. The van der Waals surface area contributed by atoms with Crippen LogP contribution in [0.5, 0.6) is 0 Å². The standard InChI is InChI=1S/C20H20F3N3O.C2H6/c1-12(20(21,22)23)18-15-6-3-7-17(24-2)16(15)11-14(26-18)5-4-10-25-19(27)13-8-9-13;1-2/h3-7,11,13,24H,1,8-10H2,2H3,(H,25,27);1-2H3/b5-4+;. The van der Waals surface area contributed by atoms with Crippen molar-refractivity contribution in [2.24, 2.45) is 5.92 Å². The molecule has 1 aromatic carbocycles. The first-order chi connectivity index (χ1) is 13.8. The molecule has 2 aromatic rings. The first-order valence-corrected chi connectivity index (χ1v) is 9.63. The molecule has 156 valence electrons. The third-order valence-corrected chi connectivity index (χ3v) is 4.42. The van der Waals surface area contributed by atoms with Gasteiger partial charge in [-0.25, -0.2) is 4.98 Å². The maximum Gasteiger partial charge on any atom is 0.417 e. The zero-order valence-electron chi connectivity index (χ0n) is 16.9. The fraction of sp³-hybridized carbons (Fsp3) is 0.364. The highest BCUT2D eigenvalue weighted by atomic mass is 19.4. The van der Waals surface area contributed by atoms with E-state index in [9.17, 15) is 18.0 Å². The highest BCUT2D eigenvalue weighted by Crippen LogP contribution is 2.37. The Morgan fingerprint density at radius 2 is 1.97 bits per heavy atom. The lowest BCUT2D eigenvalue weighted by Crippen LogP contribution is -2.24. The zero-order chi connectivity index (χ0) is 21.6. The van der Waals surface area contributed by atoms with Crippen molar-refractivity contribution in [3.63, 3.8) is 0 Å². The molecule has 1 aliphatic carbocycles. The second-order valence-corrected chi connectivity index (χ2v) is 6.44. The highest BCUT2D eigenvalue weighted by molar-refractivity contribution is 6.00. The molecule has 3 rings (SSSR count). The number of rotatable bonds is 6. The minimum Gasteiger partial charge on any atom is -0.388 e. The van der Waals surface area contributed by atoms with Gasteiger partial charge >= 0.3 is 6.18 Å². The Balaban J connectivity index is 0.00000145. The van der Waals surface area contributed by atoms with Gasteiger partial charge in [-0.05, 0) is 31.1 Å². The number of pyridine rings is 1. The molecular formula is C22H26F3N3O. The summed E-state index contributed by atoms with van der Waals surface area (Å²) < 4.78 is 39.7. The number of halogens is 3. The monoisotopic (exact) mass is 405 g/mol. The van der Waals surface area contributed by atoms with Crippen molar-refractivity contribution in [2.75, 3.05) is 18.9 Å². The van der Waals surface area contributed by atoms with Crippen LogP contribution in [0.3, 0.4) is 0 Å². The molecule has 1 amide bonds. The van der Waals surface area contributed by atoms with Crippen LogP contribution in [-0.4, -0.2) is 30.7 Å². The maximum absolute atomic E-state index is 13.2. The largest absolute Gasteiger partial charge is 0.417 e. The number of aromatic nitrogens is 1. The molecule has 0 saturated heterocycles. The molecule has 1 saturated carbocycles. The molecule has 7 heteroatoms. The molecule has 0 unspecified atom stereocenters. The van der Waals surface area contributed by atoms with E-state index in [4.69, 9.17) is 0 Å². The number of benzene rings is 1. The number of anilines is 1. The molecule has 0 spiro atoms. The zero-order valence-corrected chi connectivity index (χ0v) is 16.9. The van der Waals surface area contributed by atoms with Crippen molar-refractivity contribution >= 4 is 34.0 Å². The molecule has 4 nitrogen and oxygen atoms in total. The van der Waals surface area contributed by atoms with Crippen molar-refractivity contribution in [3.05, 3.63) is 48.3 Å². The Kier molecular flexibility index (Phi) is 7.42. The lowest BCUT2D eigenvalue weighted by molar-refractivity contribution is -0.122. The molecule has 0 atom stereocenters. The summed E-state index contributed by atoms with van der Waals surface area (Å²) in [6, 6.07) is 6.77. The predicted molar refractivity (Wildman–Crippen MR) is 112 cm³/mol. The Bertz CT molecular complexity index is 915. The van der Waals surface area contributed by atoms with Gasteiger partial charge in [0.2, 0.25) is 5.91 Å². The van der Waals surface area contributed by atoms with Gasteiger partial charge in [0.1, 0.15) is 0 Å². The topological polar surface area (TPSA) is 54.0 Å². The predicted octanol–water partition coefficient (Wildman–Crippen LogP) is 5.42. The first-order valence-electron chi connectivity index (χ1n) is 9.63. The van der Waals surface area contributed by atoms with Crippen LogP contribution < -0.4 is 10.6 Å². The van der Waals surface area contributed by atoms with E-state index in [0.29, 0.717) is 28.7 Å². The Labute approximate surface area is 168 Å². The minimum absolute atomic E-state index is 0.00901. The van der Waals surface area contributed by atoms with Crippen molar-refractivity contribution in [2.45, 2.75) is 32.9 Å². The molecule has 1 heterocycles. The maximum atomic E-state index is 13.2. The van der Waals surface area contributed by atoms with E-state index < -0.39 is 11.7 Å². The lowest BCUT2D eigenvalue weighted by Gasteiger charge is -2.15. The molecular weight excluding hydrogens is 379 g/mol. The molecule has 29 heavy (non-hydrogen) atoms. The van der Waals surface area contributed by atoms with Gasteiger partial charge in [0.05, 0.1) is 17.0 Å². The Morgan fingerprint density at radius 3 is 2.55 bits per heavy atom. The third-order valence-electron chi connectivity index (χ3n) is 4.42. The van der Waals surface area contributed by atoms with Crippen LogP contribution in [0.25, 0.3) is 22.4 Å². The molecule has 0 bridgehead atoms. The van der Waals surface area contributed by atoms with Gasteiger partial charge in [0.25, 0.3) is 0 Å². The van der Waals surface area contributed by atoms with Crippen LogP contribution in [0, 0.1) is 5.92 Å². The van der Waals surface area contributed by atoms with Gasteiger partial charge < -0.3 is 10.6 Å². The van der Waals surface area contributed by atoms with Crippen LogP contribution in [0.15, 0.2) is 36.9 Å². The molecule has 0 aliphatic heterocycles. The summed E-state index contributed by atoms with van der Waals surface area (Å²) >= 11 is 0. The summed E-state index contributed by atoms with van der Waals surface area (Å²) in [6.07, 6.45) is 0.536. The Hall–Kier alpha value is -2.83. The number of allylic oxidation sites excluding steroid dienone is 1. The summed E-state index contributed by atoms with van der Waals surface area (Å²) in [4.78, 5) is 15.8. The first kappa shape index (κ1) is 22.5. The van der Waals surface area contributed by atoms with Crippen molar-refractivity contribution in [1.29, 1.82) is 0 Å². The molecule has 1 aliphatic rings. The number of nitrogens with one attached hydrogen (secondary N) is 2. The van der Waals surface area contributed by atoms with E-state index in [-0.39, 0.29) is 17.5 Å². The van der Waals surface area contributed by atoms with E-state index in [0.717, 1.165) is 12.8 Å². The van der Waals surface area contributed by atoms with Gasteiger partial charge in [-0.1, -0.05) is 38.6 Å². The molecule has 1 fully saturated rings. The van der Waals surface area contributed by atoms with E-state index >= 15 is 0 Å². The number of fused-ring (bicyclic) bond motifs is 1. The van der Waals surface area contributed by atoms with Gasteiger partial charge in [0.15, 0.2) is 0 Å². The summed E-state index contributed by atoms with van der Waals surface area (Å²) in [6.45, 7) is 7.50. The summed E-state index contributed by atoms with van der Waals surface area (Å²) in [5, 5.41) is 6.76. The van der Waals surface area contributed by atoms with E-state index in [1.807, 2.05) is 13.8 Å². The number of carbonyl (C=O) groups excluding carboxylic acids is 1. The number of hydrogen-bond acceptors (Lipinski definition) is 3. The van der Waals surface area contributed by atoms with Crippen LogP contribution in [0.4, 0.5) is 18.9 Å². The van der Waals surface area contributed by atoms with Crippen LogP contribution in [0.1, 0.15) is 38.1 Å². The molecule has 0 radical (unpaired) electrons. The van der Waals surface area contributed by atoms with Gasteiger partial charge in [-0.3, -0.25) is 4.79 Å². The molecule has 1 aromatic heterocycles. The summed E-state index contributed by atoms with van der Waals surface area (Å²) in [7, 11) is 1.70. The van der Waals surface area contributed by atoms with Gasteiger partial charge in [0, 0.05) is 36.0 Å². The minimum atomic E-state index is -4.57. The normalized spacial score (nSPS) is 13.7. The van der Waals surface area contributed by atoms with Crippen LogP contribution >= 0.6 is 0 Å². The third kappa shape index (κ3) is 5.59. The fourth-order valence-corrected chi connectivity index (χ4v) is 2.79. The number of amides is 1. The SMILES string of the molecule is C=C(c1nc(/C=C/CNC(=O)C2CC2)cc2c(NC)cccc12)C(F)(F)F.CC. The van der Waals surface area contributed by atoms with Crippen LogP contribution in [-0.2, 0) is 4.79 Å². The van der Waals surface area contributed by atoms with E-state index in [1.54, 1.807) is 43.5 Å². The number of carbonyl (C=O) groups is 1. The number of hydrogen-bond donors (Lipinski definition) is 2. The molecule has 2 N–H and O–H groups in total. The van der Waals surface area contributed by atoms with Crippen molar-refractivity contribution < 1.29 is 18.0 Å². The summed E-state index contributed by atoms with van der Waals surface area (Å²) in [5.41, 5.74) is -0.120. The smallest absolute Gasteiger partial charge is 0.388 e. The van der Waals surface area contributed by atoms with Gasteiger partial charge in [-0.15, -0.1) is 0 Å². The average molecular weight is 405 g/mol. The highest BCUT2D eigenvalue weighted by Gasteiger charge is 2.35. The number of alkyl halides is 3. The average Bonchev–Trinajstić information content (AvgIpc) is 3.55. The fourth-order valence-electron chi connectivity index (χ4n) is 2.79. The Morgan fingerprint density at radius 1 is 1.28 bits per heavy atom. The number of nitrogens with zero attached hydrogens (tertiary/aromatic N) is 1. The van der Waals surface area contributed by atoms with Gasteiger partial charge in [-0.2, -0.15) is 13.2 Å². The summed E-state index contributed by atoms with van der Waals surface area (Å²) in [5.74, 6) is 0.117. The van der Waals surface area contributed by atoms with Crippen molar-refractivity contribution in [1.82, 2.24) is 10.3 Å². The lowest BCUT2D eigenvalue weighted by atomic mass is 10.0. The second kappa shape index (κ2) is 9.58. The second-order valence-electron chi connectivity index (χ2n) is 6.44. The van der Waals surface area contributed by atoms with Crippen molar-refractivity contribution in [3.8, 4) is 0 Å². The van der Waals surface area contributed by atoms with E-state index in [1.165, 1.54) is 0 Å². The van der Waals surface area contributed by atoms with E-state index in [2.05, 4.69) is 22.2 Å². The van der Waals surface area contributed by atoms with Crippen LogP contribution in [0.2, 0.25) is 0 Å².